The number of primary amides is 1. The minimum absolute atomic E-state index is 0.0474. The number of benzene rings is 1. The number of carbonyl (C=O) groups excluding carboxylic acids is 1. The fourth-order valence-electron chi connectivity index (χ4n) is 2.05. The van der Waals surface area contributed by atoms with Crippen LogP contribution in [0.4, 0.5) is 5.69 Å². The third kappa shape index (κ3) is 2.04. The molecule has 7 heteroatoms. The second-order valence-corrected chi connectivity index (χ2v) is 4.41. The first kappa shape index (κ1) is 12.6. The molecule has 4 N–H and O–H groups in total. The summed E-state index contributed by atoms with van der Waals surface area (Å²) in [6.45, 7) is 0. The Morgan fingerprint density at radius 2 is 2.10 bits per heavy atom. The van der Waals surface area contributed by atoms with Gasteiger partial charge in [0.1, 0.15) is 6.07 Å². The number of hydrogen-bond acceptors (Lipinski definition) is 5. The van der Waals surface area contributed by atoms with E-state index >= 15 is 0 Å². The zero-order valence-corrected chi connectivity index (χ0v) is 10.8. The summed E-state index contributed by atoms with van der Waals surface area (Å²) in [4.78, 5) is 15.6. The largest absolute Gasteiger partial charge is 0.396 e. The van der Waals surface area contributed by atoms with Gasteiger partial charge >= 0.3 is 0 Å². The molecule has 0 fully saturated rings. The summed E-state index contributed by atoms with van der Waals surface area (Å²) >= 11 is 0. The van der Waals surface area contributed by atoms with Gasteiger partial charge in [0, 0.05) is 5.39 Å². The Morgan fingerprint density at radius 3 is 2.76 bits per heavy atom. The van der Waals surface area contributed by atoms with Crippen LogP contribution in [-0.2, 0) is 0 Å². The Morgan fingerprint density at radius 1 is 1.33 bits per heavy atom. The number of anilines is 1. The van der Waals surface area contributed by atoms with Crippen LogP contribution in [0.3, 0.4) is 0 Å². The average Bonchev–Trinajstić information content (AvgIpc) is 2.88. The molecular weight excluding hydrogens is 268 g/mol. The van der Waals surface area contributed by atoms with Gasteiger partial charge in [0.05, 0.1) is 23.0 Å². The molecule has 0 aliphatic carbocycles. The highest BCUT2D eigenvalue weighted by atomic mass is 16.1. The standard InChI is InChI=1S/C14H10N6O/c15-6-9-5-8-3-1-2-4-11(8)18-14(9)20-7-10(16)12(19-20)13(17)21/h1-5,7H,16H2,(H2,17,21). The van der Waals surface area contributed by atoms with Gasteiger partial charge in [0.15, 0.2) is 11.5 Å². The number of rotatable bonds is 2. The maximum atomic E-state index is 11.2. The average molecular weight is 278 g/mol. The molecule has 3 aromatic rings. The first-order chi connectivity index (χ1) is 10.1. The van der Waals surface area contributed by atoms with E-state index < -0.39 is 5.91 Å². The topological polar surface area (TPSA) is 124 Å². The van der Waals surface area contributed by atoms with E-state index in [0.29, 0.717) is 16.9 Å². The molecule has 102 valence electrons. The summed E-state index contributed by atoms with van der Waals surface area (Å²) in [5, 5.41) is 14.1. The van der Waals surface area contributed by atoms with E-state index in [9.17, 15) is 10.1 Å². The lowest BCUT2D eigenvalue weighted by atomic mass is 10.1. The summed E-state index contributed by atoms with van der Waals surface area (Å²) in [7, 11) is 0. The lowest BCUT2D eigenvalue weighted by Crippen LogP contribution is -2.14. The summed E-state index contributed by atoms with van der Waals surface area (Å²) < 4.78 is 1.29. The number of nitrogens with two attached hydrogens (primary N) is 2. The number of nitrogen functional groups attached to an aromatic ring is 1. The van der Waals surface area contributed by atoms with Gasteiger partial charge in [-0.05, 0) is 12.1 Å². The predicted molar refractivity (Wildman–Crippen MR) is 76.5 cm³/mol. The Labute approximate surface area is 119 Å². The van der Waals surface area contributed by atoms with Crippen LogP contribution in [0.1, 0.15) is 16.1 Å². The Hall–Kier alpha value is -3.40. The van der Waals surface area contributed by atoms with E-state index in [-0.39, 0.29) is 11.4 Å². The third-order valence-corrected chi connectivity index (χ3v) is 3.02. The Kier molecular flexibility index (Phi) is 2.77. The number of carbonyl (C=O) groups is 1. The minimum atomic E-state index is -0.731. The predicted octanol–water partition coefficient (Wildman–Crippen LogP) is 0.973. The van der Waals surface area contributed by atoms with E-state index in [1.807, 2.05) is 24.3 Å². The summed E-state index contributed by atoms with van der Waals surface area (Å²) in [5.41, 5.74) is 12.0. The summed E-state index contributed by atoms with van der Waals surface area (Å²) in [6.07, 6.45) is 1.41. The number of aromatic nitrogens is 3. The molecule has 0 aliphatic heterocycles. The highest BCUT2D eigenvalue weighted by molar-refractivity contribution is 5.95. The first-order valence-corrected chi connectivity index (χ1v) is 6.05. The highest BCUT2D eigenvalue weighted by Gasteiger charge is 2.15. The lowest BCUT2D eigenvalue weighted by Gasteiger charge is -2.05. The van der Waals surface area contributed by atoms with E-state index in [4.69, 9.17) is 11.5 Å². The van der Waals surface area contributed by atoms with Gasteiger partial charge in [-0.2, -0.15) is 10.4 Å². The van der Waals surface area contributed by atoms with Gasteiger partial charge in [-0.15, -0.1) is 0 Å². The van der Waals surface area contributed by atoms with Crippen LogP contribution in [0.2, 0.25) is 0 Å². The Bertz CT molecular complexity index is 905. The van der Waals surface area contributed by atoms with Crippen molar-refractivity contribution in [2.24, 2.45) is 5.73 Å². The van der Waals surface area contributed by atoms with Crippen molar-refractivity contribution in [2.45, 2.75) is 0 Å². The number of para-hydroxylation sites is 1. The second-order valence-electron chi connectivity index (χ2n) is 4.41. The monoisotopic (exact) mass is 278 g/mol. The third-order valence-electron chi connectivity index (χ3n) is 3.02. The van der Waals surface area contributed by atoms with Gasteiger partial charge < -0.3 is 11.5 Å². The van der Waals surface area contributed by atoms with Gasteiger partial charge in [-0.25, -0.2) is 9.67 Å². The van der Waals surface area contributed by atoms with Crippen LogP contribution in [0.25, 0.3) is 16.7 Å². The van der Waals surface area contributed by atoms with Gasteiger partial charge in [0.2, 0.25) is 0 Å². The van der Waals surface area contributed by atoms with Crippen molar-refractivity contribution in [2.75, 3.05) is 5.73 Å². The number of pyridine rings is 1. The van der Waals surface area contributed by atoms with Crippen molar-refractivity contribution < 1.29 is 4.79 Å². The smallest absolute Gasteiger partial charge is 0.271 e. The molecule has 0 spiro atoms. The first-order valence-electron chi connectivity index (χ1n) is 6.05. The second kappa shape index (κ2) is 4.61. The van der Waals surface area contributed by atoms with Crippen molar-refractivity contribution in [3.05, 3.63) is 47.8 Å². The van der Waals surface area contributed by atoms with E-state index in [1.165, 1.54) is 10.9 Å². The molecule has 1 amide bonds. The van der Waals surface area contributed by atoms with E-state index in [2.05, 4.69) is 16.2 Å². The van der Waals surface area contributed by atoms with Crippen molar-refractivity contribution >= 4 is 22.5 Å². The molecule has 0 atom stereocenters. The molecule has 0 unspecified atom stereocenters. The fraction of sp³-hybridized carbons (Fsp3) is 0. The van der Waals surface area contributed by atoms with E-state index in [0.717, 1.165) is 5.39 Å². The molecule has 7 nitrogen and oxygen atoms in total. The quantitative estimate of drug-likeness (QED) is 0.722. The molecule has 0 aliphatic rings. The molecule has 0 saturated heterocycles. The van der Waals surface area contributed by atoms with Crippen molar-refractivity contribution in [3.63, 3.8) is 0 Å². The van der Waals surface area contributed by atoms with Crippen LogP contribution in [0.5, 0.6) is 0 Å². The molecule has 0 bridgehead atoms. The van der Waals surface area contributed by atoms with Crippen molar-refractivity contribution in [3.8, 4) is 11.9 Å². The highest BCUT2D eigenvalue weighted by Crippen LogP contribution is 2.20. The Balaban J connectivity index is 2.26. The molecular formula is C14H10N6O. The number of hydrogen-bond donors (Lipinski definition) is 2. The molecule has 1 aromatic carbocycles. The van der Waals surface area contributed by atoms with Crippen molar-refractivity contribution in [1.29, 1.82) is 5.26 Å². The minimum Gasteiger partial charge on any atom is -0.396 e. The van der Waals surface area contributed by atoms with E-state index in [1.54, 1.807) is 6.07 Å². The zero-order chi connectivity index (χ0) is 15.0. The normalized spacial score (nSPS) is 10.4. The van der Waals surface area contributed by atoms with Gasteiger partial charge in [-0.1, -0.05) is 18.2 Å². The number of amides is 1. The van der Waals surface area contributed by atoms with Gasteiger partial charge in [-0.3, -0.25) is 4.79 Å². The molecule has 3 rings (SSSR count). The molecule has 0 saturated carbocycles. The van der Waals surface area contributed by atoms with Gasteiger partial charge in [0.25, 0.3) is 5.91 Å². The lowest BCUT2D eigenvalue weighted by molar-refractivity contribution is 0.0996. The maximum absolute atomic E-state index is 11.2. The van der Waals surface area contributed by atoms with Crippen LogP contribution in [0.15, 0.2) is 36.5 Å². The number of fused-ring (bicyclic) bond motifs is 1. The zero-order valence-electron chi connectivity index (χ0n) is 10.8. The molecule has 2 heterocycles. The fourth-order valence-corrected chi connectivity index (χ4v) is 2.05. The maximum Gasteiger partial charge on any atom is 0.271 e. The number of nitriles is 1. The van der Waals surface area contributed by atoms with Crippen LogP contribution in [0, 0.1) is 11.3 Å². The van der Waals surface area contributed by atoms with Crippen LogP contribution in [-0.4, -0.2) is 20.7 Å². The molecule has 2 aromatic heterocycles. The summed E-state index contributed by atoms with van der Waals surface area (Å²) in [5.74, 6) is -0.430. The summed E-state index contributed by atoms with van der Waals surface area (Å²) in [6, 6.07) is 11.2. The number of nitrogens with zero attached hydrogens (tertiary/aromatic N) is 4. The SMILES string of the molecule is N#Cc1cc2ccccc2nc1-n1cc(N)c(C(N)=O)n1. The molecule has 21 heavy (non-hydrogen) atoms. The van der Waals surface area contributed by atoms with Crippen molar-refractivity contribution in [1.82, 2.24) is 14.8 Å². The van der Waals surface area contributed by atoms with Crippen LogP contribution < -0.4 is 11.5 Å². The molecule has 0 radical (unpaired) electrons. The van der Waals surface area contributed by atoms with Crippen LogP contribution >= 0.6 is 0 Å².